The van der Waals surface area contributed by atoms with E-state index < -0.39 is 6.04 Å². The van der Waals surface area contributed by atoms with E-state index in [0.29, 0.717) is 13.0 Å². The molecule has 0 aromatic heterocycles. The Hall–Kier alpha value is -2.34. The highest BCUT2D eigenvalue weighted by Crippen LogP contribution is 2.17. The summed E-state index contributed by atoms with van der Waals surface area (Å²) in [5.41, 5.74) is 1.96. The monoisotopic (exact) mass is 430 g/mol. The molecule has 162 valence electrons. The van der Waals surface area contributed by atoms with Crippen LogP contribution in [0.5, 0.6) is 0 Å². The Morgan fingerprint density at radius 1 is 1.03 bits per heavy atom. The first-order valence-corrected chi connectivity index (χ1v) is 11.6. The Morgan fingerprint density at radius 3 is 2.37 bits per heavy atom. The van der Waals surface area contributed by atoms with E-state index in [2.05, 4.69) is 12.2 Å². The van der Waals surface area contributed by atoms with Gasteiger partial charge in [-0.1, -0.05) is 62.7 Å². The fourth-order valence-corrected chi connectivity index (χ4v) is 4.00. The van der Waals surface area contributed by atoms with E-state index >= 15 is 0 Å². The van der Waals surface area contributed by atoms with E-state index in [-0.39, 0.29) is 29.9 Å². The number of carbonyl (C=O) groups is 2. The number of amides is 2. The second kappa shape index (κ2) is 13.1. The van der Waals surface area contributed by atoms with Gasteiger partial charge in [0.2, 0.25) is 11.8 Å². The molecule has 1 atom stereocenters. The van der Waals surface area contributed by atoms with Crippen LogP contribution in [-0.4, -0.2) is 35.1 Å². The second-order valence-corrected chi connectivity index (χ2v) is 8.18. The quantitative estimate of drug-likeness (QED) is 0.493. The standard InChI is InChI=1S/C24H31FN2O2S/c1-3-5-15-26-24(29)22(4-2)27(16-19-11-13-21(25)14-12-19)23(28)18-30-17-20-9-7-6-8-10-20/h6-14,22H,3-5,15-18H2,1-2H3,(H,26,29)/t22-/m0/s1. The highest BCUT2D eigenvalue weighted by atomic mass is 32.2. The number of nitrogens with zero attached hydrogens (tertiary/aromatic N) is 1. The molecule has 0 unspecified atom stereocenters. The van der Waals surface area contributed by atoms with Crippen LogP contribution >= 0.6 is 11.8 Å². The Labute approximate surface area is 183 Å². The first-order valence-electron chi connectivity index (χ1n) is 10.5. The summed E-state index contributed by atoms with van der Waals surface area (Å²) in [6.45, 7) is 4.86. The van der Waals surface area contributed by atoms with Crippen LogP contribution in [0.15, 0.2) is 54.6 Å². The average molecular weight is 431 g/mol. The molecule has 0 aliphatic carbocycles. The molecule has 0 saturated heterocycles. The largest absolute Gasteiger partial charge is 0.354 e. The van der Waals surface area contributed by atoms with Crippen molar-refractivity contribution in [3.8, 4) is 0 Å². The van der Waals surface area contributed by atoms with Crippen LogP contribution in [0.25, 0.3) is 0 Å². The minimum Gasteiger partial charge on any atom is -0.354 e. The number of benzene rings is 2. The lowest BCUT2D eigenvalue weighted by Gasteiger charge is -2.30. The SMILES string of the molecule is CCCCNC(=O)[C@H](CC)N(Cc1ccc(F)cc1)C(=O)CSCc1ccccc1. The highest BCUT2D eigenvalue weighted by molar-refractivity contribution is 7.99. The fraction of sp³-hybridized carbons (Fsp3) is 0.417. The number of hydrogen-bond acceptors (Lipinski definition) is 3. The molecular formula is C24H31FN2O2S. The van der Waals surface area contributed by atoms with Crippen LogP contribution in [0.4, 0.5) is 4.39 Å². The van der Waals surface area contributed by atoms with Gasteiger partial charge in [-0.05, 0) is 36.1 Å². The van der Waals surface area contributed by atoms with Gasteiger partial charge in [0.15, 0.2) is 0 Å². The molecule has 0 bridgehead atoms. The maximum atomic E-state index is 13.3. The van der Waals surface area contributed by atoms with Crippen molar-refractivity contribution >= 4 is 23.6 Å². The van der Waals surface area contributed by atoms with Gasteiger partial charge in [-0.25, -0.2) is 4.39 Å². The van der Waals surface area contributed by atoms with Gasteiger partial charge in [-0.3, -0.25) is 9.59 Å². The van der Waals surface area contributed by atoms with Gasteiger partial charge in [0.05, 0.1) is 5.75 Å². The van der Waals surface area contributed by atoms with Crippen molar-refractivity contribution in [2.24, 2.45) is 0 Å². The van der Waals surface area contributed by atoms with E-state index in [1.165, 1.54) is 23.9 Å². The van der Waals surface area contributed by atoms with Crippen molar-refractivity contribution in [2.75, 3.05) is 12.3 Å². The summed E-state index contributed by atoms with van der Waals surface area (Å²) >= 11 is 1.53. The van der Waals surface area contributed by atoms with Gasteiger partial charge in [0.1, 0.15) is 11.9 Å². The van der Waals surface area contributed by atoms with Gasteiger partial charge in [0.25, 0.3) is 0 Å². The normalized spacial score (nSPS) is 11.7. The predicted octanol–water partition coefficient (Wildman–Crippen LogP) is 4.78. The molecule has 1 N–H and O–H groups in total. The summed E-state index contributed by atoms with van der Waals surface area (Å²) in [7, 11) is 0. The lowest BCUT2D eigenvalue weighted by atomic mass is 10.1. The van der Waals surface area contributed by atoms with Crippen molar-refractivity contribution < 1.29 is 14.0 Å². The van der Waals surface area contributed by atoms with Crippen LogP contribution < -0.4 is 5.32 Å². The van der Waals surface area contributed by atoms with Gasteiger partial charge in [-0.15, -0.1) is 11.8 Å². The van der Waals surface area contributed by atoms with Crippen molar-refractivity contribution in [2.45, 2.75) is 51.4 Å². The molecule has 2 aromatic carbocycles. The topological polar surface area (TPSA) is 49.4 Å². The Morgan fingerprint density at radius 2 is 1.73 bits per heavy atom. The lowest BCUT2D eigenvalue weighted by molar-refractivity contribution is -0.139. The molecule has 6 heteroatoms. The number of rotatable bonds is 12. The third-order valence-corrected chi connectivity index (χ3v) is 5.81. The Kier molecular flexibility index (Phi) is 10.4. The van der Waals surface area contributed by atoms with Gasteiger partial charge >= 0.3 is 0 Å². The zero-order valence-electron chi connectivity index (χ0n) is 17.8. The summed E-state index contributed by atoms with van der Waals surface area (Å²) in [5.74, 6) is 0.484. The van der Waals surface area contributed by atoms with Crippen molar-refractivity contribution in [3.63, 3.8) is 0 Å². The molecular weight excluding hydrogens is 399 g/mol. The molecule has 30 heavy (non-hydrogen) atoms. The second-order valence-electron chi connectivity index (χ2n) is 7.20. The summed E-state index contributed by atoms with van der Waals surface area (Å²) < 4.78 is 13.3. The van der Waals surface area contributed by atoms with Gasteiger partial charge in [-0.2, -0.15) is 0 Å². The Balaban J connectivity index is 2.08. The molecule has 4 nitrogen and oxygen atoms in total. The number of unbranched alkanes of at least 4 members (excludes halogenated alkanes) is 1. The number of halogens is 1. The molecule has 2 aromatic rings. The van der Waals surface area contributed by atoms with Crippen LogP contribution in [0.2, 0.25) is 0 Å². The lowest BCUT2D eigenvalue weighted by Crippen LogP contribution is -2.49. The Bertz CT molecular complexity index is 784. The number of carbonyl (C=O) groups excluding carboxylic acids is 2. The average Bonchev–Trinajstić information content (AvgIpc) is 2.76. The first-order chi connectivity index (χ1) is 14.5. The van der Waals surface area contributed by atoms with Crippen LogP contribution in [0, 0.1) is 5.82 Å². The molecule has 0 heterocycles. The molecule has 0 saturated carbocycles. The predicted molar refractivity (Wildman–Crippen MR) is 122 cm³/mol. The zero-order chi connectivity index (χ0) is 21.8. The van der Waals surface area contributed by atoms with Crippen molar-refractivity contribution in [1.29, 1.82) is 0 Å². The van der Waals surface area contributed by atoms with Gasteiger partial charge < -0.3 is 10.2 Å². The zero-order valence-corrected chi connectivity index (χ0v) is 18.6. The summed E-state index contributed by atoms with van der Waals surface area (Å²) in [5, 5.41) is 2.95. The number of nitrogens with one attached hydrogen (secondary N) is 1. The highest BCUT2D eigenvalue weighted by Gasteiger charge is 2.28. The third-order valence-electron chi connectivity index (χ3n) is 4.82. The van der Waals surface area contributed by atoms with Crippen molar-refractivity contribution in [1.82, 2.24) is 10.2 Å². The minimum absolute atomic E-state index is 0.0854. The summed E-state index contributed by atoms with van der Waals surface area (Å²) in [6.07, 6.45) is 2.42. The molecule has 0 fully saturated rings. The first kappa shape index (κ1) is 23.9. The van der Waals surface area contributed by atoms with Crippen LogP contribution in [0.1, 0.15) is 44.2 Å². The smallest absolute Gasteiger partial charge is 0.242 e. The van der Waals surface area contributed by atoms with Crippen molar-refractivity contribution in [3.05, 3.63) is 71.5 Å². The van der Waals surface area contributed by atoms with E-state index in [1.807, 2.05) is 37.3 Å². The minimum atomic E-state index is -0.545. The summed E-state index contributed by atoms with van der Waals surface area (Å²) in [4.78, 5) is 27.5. The van der Waals surface area contributed by atoms with E-state index in [4.69, 9.17) is 0 Å². The molecule has 2 rings (SSSR count). The van der Waals surface area contributed by atoms with Gasteiger partial charge in [0, 0.05) is 18.8 Å². The third kappa shape index (κ3) is 7.82. The fourth-order valence-electron chi connectivity index (χ4n) is 3.13. The van der Waals surface area contributed by atoms with E-state index in [0.717, 1.165) is 29.7 Å². The molecule has 0 aliphatic rings. The molecule has 0 aliphatic heterocycles. The maximum absolute atomic E-state index is 13.3. The molecule has 0 radical (unpaired) electrons. The summed E-state index contributed by atoms with van der Waals surface area (Å²) in [6, 6.07) is 15.5. The number of hydrogen-bond donors (Lipinski definition) is 1. The van der Waals surface area contributed by atoms with E-state index in [1.54, 1.807) is 17.0 Å². The van der Waals surface area contributed by atoms with Crippen LogP contribution in [0.3, 0.4) is 0 Å². The maximum Gasteiger partial charge on any atom is 0.242 e. The number of thioether (sulfide) groups is 1. The molecule has 2 amide bonds. The molecule has 0 spiro atoms. The van der Waals surface area contributed by atoms with Crippen LogP contribution in [-0.2, 0) is 21.9 Å². The van der Waals surface area contributed by atoms with E-state index in [9.17, 15) is 14.0 Å².